The van der Waals surface area contributed by atoms with Gasteiger partial charge in [-0.25, -0.2) is 9.59 Å². The van der Waals surface area contributed by atoms with Gasteiger partial charge >= 0.3 is 11.9 Å². The number of allylic oxidation sites excluding steroid dienone is 2. The molecular weight excluding hydrogens is 426 g/mol. The van der Waals surface area contributed by atoms with Crippen LogP contribution in [0.5, 0.6) is 5.75 Å². The zero-order valence-corrected chi connectivity index (χ0v) is 18.5. The summed E-state index contributed by atoms with van der Waals surface area (Å²) in [5.41, 5.74) is 2.41. The van der Waals surface area contributed by atoms with Crippen LogP contribution in [0, 0.1) is 0 Å². The molecule has 9 nitrogen and oxygen atoms in total. The number of methoxy groups -OCH3 is 1. The monoisotopic (exact) mass is 451 g/mol. The maximum atomic E-state index is 13.1. The van der Waals surface area contributed by atoms with Crippen LogP contribution in [0.25, 0.3) is 0 Å². The summed E-state index contributed by atoms with van der Waals surface area (Å²) in [7, 11) is 1.28. The van der Waals surface area contributed by atoms with E-state index in [1.807, 2.05) is 0 Å². The molecule has 1 aliphatic rings. The SMILES string of the molecule is COC(=O)C1=C(C)NC(C)=C(C(=O)OCCNC(=O)c2ccccc2O)C1c1cccnc1. The Bertz CT molecular complexity index is 1120. The van der Waals surface area contributed by atoms with Crippen molar-refractivity contribution in [2.24, 2.45) is 0 Å². The Morgan fingerprint density at radius 2 is 1.76 bits per heavy atom. The highest BCUT2D eigenvalue weighted by Crippen LogP contribution is 2.38. The normalized spacial score (nSPS) is 15.5. The van der Waals surface area contributed by atoms with Crippen molar-refractivity contribution in [1.29, 1.82) is 0 Å². The molecule has 1 amide bonds. The molecule has 0 radical (unpaired) electrons. The van der Waals surface area contributed by atoms with Crippen LogP contribution in [-0.4, -0.2) is 48.2 Å². The molecule has 3 N–H and O–H groups in total. The number of carbonyl (C=O) groups is 3. The molecule has 0 fully saturated rings. The molecule has 0 saturated carbocycles. The third kappa shape index (κ3) is 5.20. The summed E-state index contributed by atoms with van der Waals surface area (Å²) in [5, 5.41) is 15.4. The van der Waals surface area contributed by atoms with Gasteiger partial charge in [-0.1, -0.05) is 18.2 Å². The average Bonchev–Trinajstić information content (AvgIpc) is 2.81. The predicted octanol–water partition coefficient (Wildman–Crippen LogP) is 2.17. The summed E-state index contributed by atoms with van der Waals surface area (Å²) in [6.07, 6.45) is 3.18. The topological polar surface area (TPSA) is 127 Å². The number of carbonyl (C=O) groups excluding carboxylic acids is 3. The second kappa shape index (κ2) is 10.4. The number of esters is 2. The van der Waals surface area contributed by atoms with E-state index in [1.165, 1.54) is 19.2 Å². The van der Waals surface area contributed by atoms with E-state index in [2.05, 4.69) is 15.6 Å². The van der Waals surface area contributed by atoms with Gasteiger partial charge in [0.05, 0.1) is 36.3 Å². The van der Waals surface area contributed by atoms with Crippen LogP contribution in [0.2, 0.25) is 0 Å². The standard InChI is InChI=1S/C24H25N3O6/c1-14-19(23(30)32-3)21(16-7-6-10-25-13-16)20(15(2)27-14)24(31)33-12-11-26-22(29)17-8-4-5-9-18(17)28/h4-10,13,21,27-28H,11-12H2,1-3H3,(H,26,29). The van der Waals surface area contributed by atoms with E-state index in [0.717, 1.165) is 0 Å². The number of rotatable bonds is 7. The smallest absolute Gasteiger partial charge is 0.336 e. The van der Waals surface area contributed by atoms with Crippen LogP contribution >= 0.6 is 0 Å². The molecule has 172 valence electrons. The Morgan fingerprint density at radius 3 is 2.39 bits per heavy atom. The van der Waals surface area contributed by atoms with Crippen molar-refractivity contribution in [3.05, 3.63) is 82.5 Å². The van der Waals surface area contributed by atoms with Gasteiger partial charge in [0.25, 0.3) is 5.91 Å². The van der Waals surface area contributed by atoms with E-state index in [0.29, 0.717) is 17.0 Å². The Morgan fingerprint density at radius 1 is 1.06 bits per heavy atom. The van der Waals surface area contributed by atoms with E-state index in [1.54, 1.807) is 50.5 Å². The summed E-state index contributed by atoms with van der Waals surface area (Å²) in [6.45, 7) is 3.38. The lowest BCUT2D eigenvalue weighted by Crippen LogP contribution is -2.33. The molecule has 1 unspecified atom stereocenters. The lowest BCUT2D eigenvalue weighted by molar-refractivity contribution is -0.139. The molecule has 2 aromatic rings. The quantitative estimate of drug-likeness (QED) is 0.432. The number of nitrogens with one attached hydrogen (secondary N) is 2. The molecule has 33 heavy (non-hydrogen) atoms. The molecule has 1 aliphatic heterocycles. The summed E-state index contributed by atoms with van der Waals surface area (Å²) in [5.74, 6) is -2.56. The second-order valence-electron chi connectivity index (χ2n) is 7.32. The number of phenols is 1. The van der Waals surface area contributed by atoms with E-state index in [9.17, 15) is 19.5 Å². The third-order valence-corrected chi connectivity index (χ3v) is 5.17. The van der Waals surface area contributed by atoms with Crippen molar-refractivity contribution < 1.29 is 29.0 Å². The average molecular weight is 451 g/mol. The minimum atomic E-state index is -0.726. The largest absolute Gasteiger partial charge is 0.507 e. The van der Waals surface area contributed by atoms with Crippen molar-refractivity contribution >= 4 is 17.8 Å². The lowest BCUT2D eigenvalue weighted by atomic mass is 9.81. The van der Waals surface area contributed by atoms with Crippen molar-refractivity contribution in [3.8, 4) is 5.75 Å². The van der Waals surface area contributed by atoms with Gasteiger partial charge in [-0.2, -0.15) is 0 Å². The number of benzene rings is 1. The Balaban J connectivity index is 1.75. The molecule has 3 rings (SSSR count). The van der Waals surface area contributed by atoms with E-state index < -0.39 is 23.8 Å². The minimum Gasteiger partial charge on any atom is -0.507 e. The Kier molecular flexibility index (Phi) is 7.45. The number of aromatic hydroxyl groups is 1. The van der Waals surface area contributed by atoms with Crippen LogP contribution < -0.4 is 10.6 Å². The van der Waals surface area contributed by atoms with Crippen molar-refractivity contribution in [3.63, 3.8) is 0 Å². The van der Waals surface area contributed by atoms with Crippen molar-refractivity contribution in [2.45, 2.75) is 19.8 Å². The van der Waals surface area contributed by atoms with Gasteiger partial charge in [0.15, 0.2) is 0 Å². The maximum Gasteiger partial charge on any atom is 0.336 e. The number of pyridine rings is 1. The second-order valence-corrected chi connectivity index (χ2v) is 7.32. The number of ether oxygens (including phenoxy) is 2. The molecule has 1 atom stereocenters. The fourth-order valence-electron chi connectivity index (χ4n) is 3.67. The molecule has 0 bridgehead atoms. The zero-order valence-electron chi connectivity index (χ0n) is 18.5. The predicted molar refractivity (Wildman–Crippen MR) is 119 cm³/mol. The van der Waals surface area contributed by atoms with Gasteiger partial charge < -0.3 is 25.2 Å². The fraction of sp³-hybridized carbons (Fsp3) is 0.250. The van der Waals surface area contributed by atoms with Crippen LogP contribution in [0.3, 0.4) is 0 Å². The molecule has 0 aliphatic carbocycles. The highest BCUT2D eigenvalue weighted by molar-refractivity contribution is 6.00. The number of nitrogens with zero attached hydrogens (tertiary/aromatic N) is 1. The van der Waals surface area contributed by atoms with E-state index in [-0.39, 0.29) is 35.6 Å². The first-order valence-electron chi connectivity index (χ1n) is 10.2. The fourth-order valence-corrected chi connectivity index (χ4v) is 3.67. The molecule has 2 heterocycles. The van der Waals surface area contributed by atoms with E-state index >= 15 is 0 Å². The molecular formula is C24H25N3O6. The van der Waals surface area contributed by atoms with E-state index in [4.69, 9.17) is 9.47 Å². The number of phenolic OH excluding ortho intramolecular Hbond substituents is 1. The van der Waals surface area contributed by atoms with Gasteiger partial charge in [-0.05, 0) is 37.6 Å². The summed E-state index contributed by atoms with van der Waals surface area (Å²) >= 11 is 0. The number of amides is 1. The number of para-hydroxylation sites is 1. The number of hydrogen-bond donors (Lipinski definition) is 3. The summed E-state index contributed by atoms with van der Waals surface area (Å²) < 4.78 is 10.4. The van der Waals surface area contributed by atoms with Gasteiger partial charge in [-0.15, -0.1) is 0 Å². The molecule has 0 saturated heterocycles. The van der Waals surface area contributed by atoms with Gasteiger partial charge in [0.2, 0.25) is 0 Å². The van der Waals surface area contributed by atoms with Crippen LogP contribution in [0.15, 0.2) is 71.3 Å². The van der Waals surface area contributed by atoms with Crippen molar-refractivity contribution in [1.82, 2.24) is 15.6 Å². The first-order valence-corrected chi connectivity index (χ1v) is 10.2. The van der Waals surface area contributed by atoms with Crippen molar-refractivity contribution in [2.75, 3.05) is 20.3 Å². The van der Waals surface area contributed by atoms with Crippen LogP contribution in [0.1, 0.15) is 35.7 Å². The summed E-state index contributed by atoms with van der Waals surface area (Å²) in [6, 6.07) is 9.63. The first-order chi connectivity index (χ1) is 15.8. The first kappa shape index (κ1) is 23.5. The Hall–Kier alpha value is -4.14. The van der Waals surface area contributed by atoms with Gasteiger partial charge in [0, 0.05) is 23.8 Å². The highest BCUT2D eigenvalue weighted by Gasteiger charge is 2.37. The van der Waals surface area contributed by atoms with Gasteiger partial charge in [0.1, 0.15) is 12.4 Å². The zero-order chi connectivity index (χ0) is 24.0. The van der Waals surface area contributed by atoms with Crippen LogP contribution in [-0.2, 0) is 19.1 Å². The number of hydrogen-bond acceptors (Lipinski definition) is 8. The molecule has 0 spiro atoms. The minimum absolute atomic E-state index is 0.0367. The molecule has 1 aromatic carbocycles. The van der Waals surface area contributed by atoms with Crippen LogP contribution in [0.4, 0.5) is 0 Å². The Labute approximate surface area is 191 Å². The third-order valence-electron chi connectivity index (χ3n) is 5.17. The lowest BCUT2D eigenvalue weighted by Gasteiger charge is -2.30. The van der Waals surface area contributed by atoms with Gasteiger partial charge in [-0.3, -0.25) is 9.78 Å². The maximum absolute atomic E-state index is 13.1. The molecule has 1 aromatic heterocycles. The number of dihydropyridines is 1. The highest BCUT2D eigenvalue weighted by atomic mass is 16.5. The molecule has 9 heteroatoms. The summed E-state index contributed by atoms with van der Waals surface area (Å²) in [4.78, 5) is 41.9. The number of aromatic nitrogens is 1.